The van der Waals surface area contributed by atoms with E-state index in [1.54, 1.807) is 84.9 Å². The SMILES string of the molecule is CCCCOc1ccc(N=Cc2c(O)n(-c3ccccc3)c(=O)n(-c3ccccc3)c2=O)cc1. The van der Waals surface area contributed by atoms with Gasteiger partial charge in [-0.05, 0) is 55.0 Å². The molecule has 0 bridgehead atoms. The first-order valence-electron chi connectivity index (χ1n) is 11.1. The van der Waals surface area contributed by atoms with Crippen molar-refractivity contribution >= 4 is 11.9 Å². The maximum absolute atomic E-state index is 13.3. The molecule has 1 N–H and O–H groups in total. The highest BCUT2D eigenvalue weighted by molar-refractivity contribution is 5.84. The summed E-state index contributed by atoms with van der Waals surface area (Å²) < 4.78 is 7.79. The molecule has 0 amide bonds. The second-order valence-corrected chi connectivity index (χ2v) is 7.62. The van der Waals surface area contributed by atoms with Gasteiger partial charge in [-0.15, -0.1) is 0 Å². The van der Waals surface area contributed by atoms with Gasteiger partial charge in [-0.1, -0.05) is 49.7 Å². The van der Waals surface area contributed by atoms with Gasteiger partial charge in [0, 0.05) is 6.21 Å². The Balaban J connectivity index is 1.79. The van der Waals surface area contributed by atoms with Gasteiger partial charge in [0.2, 0.25) is 5.88 Å². The molecular formula is C27H25N3O4. The van der Waals surface area contributed by atoms with Gasteiger partial charge in [-0.2, -0.15) is 0 Å². The lowest BCUT2D eigenvalue weighted by atomic mass is 10.2. The molecule has 0 saturated carbocycles. The summed E-state index contributed by atoms with van der Waals surface area (Å²) in [5.74, 6) is 0.260. The van der Waals surface area contributed by atoms with Crippen LogP contribution in [0, 0.1) is 0 Å². The first-order chi connectivity index (χ1) is 16.6. The smallest absolute Gasteiger partial charge is 0.343 e. The second-order valence-electron chi connectivity index (χ2n) is 7.62. The first-order valence-corrected chi connectivity index (χ1v) is 11.1. The van der Waals surface area contributed by atoms with E-state index in [0.717, 1.165) is 27.7 Å². The van der Waals surface area contributed by atoms with E-state index in [1.165, 1.54) is 6.21 Å². The van der Waals surface area contributed by atoms with Crippen LogP contribution in [0.3, 0.4) is 0 Å². The Kier molecular flexibility index (Phi) is 7.03. The normalized spacial score (nSPS) is 11.1. The standard InChI is InChI=1S/C27H25N3O4/c1-2-3-18-34-23-16-14-20(15-17-23)28-19-24-25(31)29(21-10-6-4-7-11-21)27(33)30(26(24)32)22-12-8-5-9-13-22/h4-17,19,31H,2-3,18H2,1H3. The third-order valence-corrected chi connectivity index (χ3v) is 5.24. The molecular weight excluding hydrogens is 430 g/mol. The Labute approximate surface area is 196 Å². The lowest BCUT2D eigenvalue weighted by molar-refractivity contribution is 0.309. The third-order valence-electron chi connectivity index (χ3n) is 5.24. The molecule has 4 aromatic rings. The predicted molar refractivity (Wildman–Crippen MR) is 133 cm³/mol. The van der Waals surface area contributed by atoms with Crippen LogP contribution in [0.4, 0.5) is 5.69 Å². The summed E-state index contributed by atoms with van der Waals surface area (Å²) in [4.78, 5) is 31.0. The molecule has 4 rings (SSSR count). The van der Waals surface area contributed by atoms with Crippen molar-refractivity contribution in [1.29, 1.82) is 0 Å². The molecule has 0 atom stereocenters. The van der Waals surface area contributed by atoms with Crippen molar-refractivity contribution in [3.8, 4) is 23.0 Å². The van der Waals surface area contributed by atoms with Gasteiger partial charge in [0.1, 0.15) is 11.3 Å². The Hall–Kier alpha value is -4.39. The highest BCUT2D eigenvalue weighted by Gasteiger charge is 2.19. The maximum atomic E-state index is 13.3. The van der Waals surface area contributed by atoms with Gasteiger partial charge in [0.15, 0.2) is 0 Å². The van der Waals surface area contributed by atoms with Crippen molar-refractivity contribution in [3.63, 3.8) is 0 Å². The zero-order valence-corrected chi connectivity index (χ0v) is 18.8. The number of aliphatic imine (C=N–C) groups is 1. The summed E-state index contributed by atoms with van der Waals surface area (Å²) in [6, 6.07) is 24.4. The molecule has 0 saturated heterocycles. The fraction of sp³-hybridized carbons (Fsp3) is 0.148. The number of aromatic hydroxyl groups is 1. The van der Waals surface area contributed by atoms with Crippen LogP contribution in [-0.4, -0.2) is 27.1 Å². The minimum Gasteiger partial charge on any atom is -0.494 e. The van der Waals surface area contributed by atoms with Crippen molar-refractivity contribution in [2.75, 3.05) is 6.61 Å². The van der Waals surface area contributed by atoms with E-state index < -0.39 is 17.1 Å². The molecule has 7 nitrogen and oxygen atoms in total. The Bertz CT molecular complexity index is 1390. The molecule has 0 radical (unpaired) electrons. The van der Waals surface area contributed by atoms with Crippen molar-refractivity contribution in [2.45, 2.75) is 19.8 Å². The molecule has 172 valence electrons. The van der Waals surface area contributed by atoms with Crippen LogP contribution in [-0.2, 0) is 0 Å². The number of hydrogen-bond donors (Lipinski definition) is 1. The minimum absolute atomic E-state index is 0.101. The highest BCUT2D eigenvalue weighted by Crippen LogP contribution is 2.20. The first kappa shape index (κ1) is 22.8. The van der Waals surface area contributed by atoms with Crippen LogP contribution < -0.4 is 16.0 Å². The van der Waals surface area contributed by atoms with Crippen molar-refractivity contribution in [1.82, 2.24) is 9.13 Å². The quantitative estimate of drug-likeness (QED) is 0.310. The van der Waals surface area contributed by atoms with Crippen LogP contribution in [0.15, 0.2) is 99.5 Å². The van der Waals surface area contributed by atoms with Crippen LogP contribution in [0.25, 0.3) is 11.4 Å². The summed E-state index contributed by atoms with van der Waals surface area (Å²) in [5, 5.41) is 11.0. The Morgan fingerprint density at radius 3 is 2.03 bits per heavy atom. The van der Waals surface area contributed by atoms with Crippen molar-refractivity contribution in [3.05, 3.63) is 111 Å². The van der Waals surface area contributed by atoms with E-state index in [2.05, 4.69) is 11.9 Å². The van der Waals surface area contributed by atoms with Gasteiger partial charge in [0.05, 0.1) is 23.7 Å². The van der Waals surface area contributed by atoms with E-state index in [4.69, 9.17) is 4.74 Å². The number of rotatable bonds is 8. The lowest BCUT2D eigenvalue weighted by Gasteiger charge is -2.14. The summed E-state index contributed by atoms with van der Waals surface area (Å²) in [6.45, 7) is 2.75. The zero-order valence-electron chi connectivity index (χ0n) is 18.8. The summed E-state index contributed by atoms with van der Waals surface area (Å²) in [5.41, 5.74) is -0.0425. The van der Waals surface area contributed by atoms with Gasteiger partial charge in [-0.3, -0.25) is 9.79 Å². The molecule has 0 unspecified atom stereocenters. The number of nitrogens with zero attached hydrogens (tertiary/aromatic N) is 3. The van der Waals surface area contributed by atoms with E-state index >= 15 is 0 Å². The van der Waals surface area contributed by atoms with E-state index in [1.807, 2.05) is 0 Å². The lowest BCUT2D eigenvalue weighted by Crippen LogP contribution is -2.40. The third kappa shape index (κ3) is 4.83. The van der Waals surface area contributed by atoms with Gasteiger partial charge < -0.3 is 9.84 Å². The molecule has 0 spiro atoms. The molecule has 34 heavy (non-hydrogen) atoms. The van der Waals surface area contributed by atoms with Gasteiger partial charge >= 0.3 is 5.69 Å². The molecule has 1 aromatic heterocycles. The average Bonchev–Trinajstić information content (AvgIpc) is 2.86. The Morgan fingerprint density at radius 1 is 0.853 bits per heavy atom. The number of unbranched alkanes of at least 4 members (excludes halogenated alkanes) is 1. The fourth-order valence-electron chi connectivity index (χ4n) is 3.44. The fourth-order valence-corrected chi connectivity index (χ4v) is 3.44. The van der Waals surface area contributed by atoms with Crippen LogP contribution >= 0.6 is 0 Å². The molecule has 1 heterocycles. The zero-order chi connectivity index (χ0) is 23.9. The topological polar surface area (TPSA) is 85.8 Å². The monoisotopic (exact) mass is 455 g/mol. The van der Waals surface area contributed by atoms with E-state index in [0.29, 0.717) is 23.7 Å². The predicted octanol–water partition coefficient (Wildman–Crippen LogP) is 4.62. The van der Waals surface area contributed by atoms with E-state index in [9.17, 15) is 14.7 Å². The average molecular weight is 456 g/mol. The molecule has 0 aliphatic carbocycles. The van der Waals surface area contributed by atoms with Crippen LogP contribution in [0.1, 0.15) is 25.3 Å². The largest absolute Gasteiger partial charge is 0.494 e. The van der Waals surface area contributed by atoms with Crippen molar-refractivity contribution < 1.29 is 9.84 Å². The van der Waals surface area contributed by atoms with Gasteiger partial charge in [0.25, 0.3) is 5.56 Å². The maximum Gasteiger partial charge on any atom is 0.343 e. The van der Waals surface area contributed by atoms with Crippen LogP contribution in [0.5, 0.6) is 11.6 Å². The molecule has 7 heteroatoms. The Morgan fingerprint density at radius 2 is 1.44 bits per heavy atom. The van der Waals surface area contributed by atoms with Crippen LogP contribution in [0.2, 0.25) is 0 Å². The summed E-state index contributed by atoms with van der Waals surface area (Å²) in [6.07, 6.45) is 3.31. The number of benzene rings is 3. The minimum atomic E-state index is -0.675. The number of ether oxygens (including phenoxy) is 1. The summed E-state index contributed by atoms with van der Waals surface area (Å²) >= 11 is 0. The van der Waals surface area contributed by atoms with Gasteiger partial charge in [-0.25, -0.2) is 13.9 Å². The number of hydrogen-bond acceptors (Lipinski definition) is 5. The molecule has 0 aliphatic rings. The second kappa shape index (κ2) is 10.5. The summed E-state index contributed by atoms with van der Waals surface area (Å²) in [7, 11) is 0. The highest BCUT2D eigenvalue weighted by atomic mass is 16.5. The molecule has 0 fully saturated rings. The number of para-hydroxylation sites is 2. The van der Waals surface area contributed by atoms with E-state index in [-0.39, 0.29) is 5.56 Å². The molecule has 0 aliphatic heterocycles. The number of aromatic nitrogens is 2. The molecule has 3 aromatic carbocycles. The van der Waals surface area contributed by atoms with Crippen molar-refractivity contribution in [2.24, 2.45) is 4.99 Å².